The van der Waals surface area contributed by atoms with Crippen LogP contribution in [0.25, 0.3) is 17.0 Å². The summed E-state index contributed by atoms with van der Waals surface area (Å²) in [6.07, 6.45) is 8.92. The molecule has 1 unspecified atom stereocenters. The molecule has 7 nitrogen and oxygen atoms in total. The van der Waals surface area contributed by atoms with Gasteiger partial charge in [-0.15, -0.1) is 0 Å². The summed E-state index contributed by atoms with van der Waals surface area (Å²) in [5, 5.41) is 6.77. The smallest absolute Gasteiger partial charge is 0.145 e. The SMILES string of the molecule is COC(C)C.Cc1ccn2c(-c3cncc(NC4CCNC4)n3)cnc2c1. The zero-order valence-electron chi connectivity index (χ0n) is 16.4. The number of pyridine rings is 1. The molecule has 4 rings (SSSR count). The molecule has 7 heteroatoms. The van der Waals surface area contributed by atoms with Gasteiger partial charge in [0.25, 0.3) is 0 Å². The number of rotatable bonds is 4. The number of methoxy groups -OCH3 is 1. The van der Waals surface area contributed by atoms with Gasteiger partial charge in [-0.2, -0.15) is 0 Å². The van der Waals surface area contributed by atoms with Crippen LogP contribution in [0, 0.1) is 6.92 Å². The second-order valence-electron chi connectivity index (χ2n) is 6.98. The van der Waals surface area contributed by atoms with E-state index in [2.05, 4.69) is 44.6 Å². The third kappa shape index (κ3) is 5.02. The molecule has 3 aromatic heterocycles. The van der Waals surface area contributed by atoms with Crippen LogP contribution in [0.1, 0.15) is 25.8 Å². The summed E-state index contributed by atoms with van der Waals surface area (Å²) in [5.74, 6) is 0.813. The molecule has 1 aliphatic heterocycles. The van der Waals surface area contributed by atoms with Gasteiger partial charge in [0.15, 0.2) is 0 Å². The molecule has 0 radical (unpaired) electrons. The fourth-order valence-corrected chi connectivity index (χ4v) is 2.82. The largest absolute Gasteiger partial charge is 0.382 e. The number of fused-ring (bicyclic) bond motifs is 1. The lowest BCUT2D eigenvalue weighted by molar-refractivity contribution is 0.134. The molecule has 0 saturated carbocycles. The topological polar surface area (TPSA) is 76.4 Å². The number of anilines is 1. The van der Waals surface area contributed by atoms with E-state index in [-0.39, 0.29) is 0 Å². The molecule has 1 saturated heterocycles. The maximum absolute atomic E-state index is 4.75. The highest BCUT2D eigenvalue weighted by atomic mass is 16.5. The predicted molar refractivity (Wildman–Crippen MR) is 108 cm³/mol. The molecular formula is C20H28N6O. The molecule has 4 heterocycles. The van der Waals surface area contributed by atoms with Crippen LogP contribution in [0.4, 0.5) is 5.82 Å². The van der Waals surface area contributed by atoms with Gasteiger partial charge in [0, 0.05) is 25.9 Å². The first-order valence-electron chi connectivity index (χ1n) is 9.33. The molecule has 1 atom stereocenters. The van der Waals surface area contributed by atoms with Gasteiger partial charge in [0.1, 0.15) is 17.2 Å². The summed E-state index contributed by atoms with van der Waals surface area (Å²) in [6, 6.07) is 4.55. The molecule has 1 fully saturated rings. The number of aryl methyl sites for hydroxylation is 1. The summed E-state index contributed by atoms with van der Waals surface area (Å²) < 4.78 is 6.79. The number of hydrogen-bond donors (Lipinski definition) is 2. The van der Waals surface area contributed by atoms with Crippen molar-refractivity contribution in [1.82, 2.24) is 24.7 Å². The molecule has 0 aliphatic carbocycles. The highest BCUT2D eigenvalue weighted by Gasteiger charge is 2.15. The fraction of sp³-hybridized carbons (Fsp3) is 0.450. The van der Waals surface area contributed by atoms with Crippen molar-refractivity contribution >= 4 is 11.5 Å². The Morgan fingerprint density at radius 1 is 1.30 bits per heavy atom. The van der Waals surface area contributed by atoms with Crippen LogP contribution in [-0.4, -0.2) is 51.7 Å². The fourth-order valence-electron chi connectivity index (χ4n) is 2.82. The molecule has 0 spiro atoms. The van der Waals surface area contributed by atoms with Crippen molar-refractivity contribution in [3.05, 3.63) is 42.5 Å². The molecule has 0 amide bonds. The normalized spacial score (nSPS) is 16.4. The van der Waals surface area contributed by atoms with E-state index in [0.717, 1.165) is 42.4 Å². The Morgan fingerprint density at radius 2 is 2.11 bits per heavy atom. The van der Waals surface area contributed by atoms with Gasteiger partial charge in [0.05, 0.1) is 30.4 Å². The van der Waals surface area contributed by atoms with Gasteiger partial charge in [-0.05, 0) is 51.4 Å². The minimum Gasteiger partial charge on any atom is -0.382 e. The molecule has 3 aromatic rings. The summed E-state index contributed by atoms with van der Waals surface area (Å²) in [4.78, 5) is 13.5. The Morgan fingerprint density at radius 3 is 2.81 bits per heavy atom. The van der Waals surface area contributed by atoms with Crippen LogP contribution < -0.4 is 10.6 Å². The van der Waals surface area contributed by atoms with Gasteiger partial charge in [-0.25, -0.2) is 9.97 Å². The zero-order chi connectivity index (χ0) is 19.2. The quantitative estimate of drug-likeness (QED) is 0.737. The molecule has 1 aliphatic rings. The van der Waals surface area contributed by atoms with Crippen LogP contribution in [0.5, 0.6) is 0 Å². The van der Waals surface area contributed by atoms with E-state index < -0.39 is 0 Å². The van der Waals surface area contributed by atoms with E-state index in [9.17, 15) is 0 Å². The summed E-state index contributed by atoms with van der Waals surface area (Å²) >= 11 is 0. The third-order valence-electron chi connectivity index (χ3n) is 4.45. The zero-order valence-corrected chi connectivity index (χ0v) is 16.4. The number of imidazole rings is 1. The molecule has 0 bridgehead atoms. The van der Waals surface area contributed by atoms with E-state index in [1.54, 1.807) is 19.5 Å². The molecule has 144 valence electrons. The molecule has 27 heavy (non-hydrogen) atoms. The average Bonchev–Trinajstić information content (AvgIpc) is 3.31. The van der Waals surface area contributed by atoms with Crippen molar-refractivity contribution in [1.29, 1.82) is 0 Å². The second kappa shape index (κ2) is 8.92. The summed E-state index contributed by atoms with van der Waals surface area (Å²) in [6.45, 7) is 8.09. The van der Waals surface area contributed by atoms with Crippen LogP contribution in [0.15, 0.2) is 36.9 Å². The van der Waals surface area contributed by atoms with Crippen molar-refractivity contribution in [2.75, 3.05) is 25.5 Å². The summed E-state index contributed by atoms with van der Waals surface area (Å²) in [5.41, 5.74) is 3.90. The third-order valence-corrected chi connectivity index (χ3v) is 4.45. The maximum Gasteiger partial charge on any atom is 0.145 e. The van der Waals surface area contributed by atoms with Crippen molar-refractivity contribution in [3.63, 3.8) is 0 Å². The van der Waals surface area contributed by atoms with Gasteiger partial charge in [-0.3, -0.25) is 9.38 Å². The minimum absolute atomic E-state index is 0.384. The Kier molecular flexibility index (Phi) is 6.36. The standard InChI is InChI=1S/C16H18N6.C4H10O/c1-11-3-5-22-14(9-19-16(22)6-11)13-8-18-10-15(21-13)20-12-2-4-17-7-12;1-4(2)5-3/h3,5-6,8-10,12,17H,2,4,7H2,1H3,(H,20,21);4H,1-3H3. The van der Waals surface area contributed by atoms with E-state index in [4.69, 9.17) is 4.74 Å². The number of hydrogen-bond acceptors (Lipinski definition) is 6. The Labute approximate surface area is 160 Å². The van der Waals surface area contributed by atoms with Crippen molar-refractivity contribution in [2.24, 2.45) is 0 Å². The number of aromatic nitrogens is 4. The highest BCUT2D eigenvalue weighted by molar-refractivity contribution is 5.61. The first-order chi connectivity index (χ1) is 13.1. The first-order valence-corrected chi connectivity index (χ1v) is 9.33. The van der Waals surface area contributed by atoms with E-state index in [0.29, 0.717) is 12.1 Å². The van der Waals surface area contributed by atoms with E-state index >= 15 is 0 Å². The van der Waals surface area contributed by atoms with Crippen LogP contribution >= 0.6 is 0 Å². The Balaban J connectivity index is 0.000000376. The van der Waals surface area contributed by atoms with Crippen molar-refractivity contribution in [2.45, 2.75) is 39.3 Å². The molecule has 0 aromatic carbocycles. The lowest BCUT2D eigenvalue weighted by Gasteiger charge is -2.12. The Bertz CT molecular complexity index is 870. The number of nitrogens with zero attached hydrogens (tertiary/aromatic N) is 4. The molecule has 2 N–H and O–H groups in total. The second-order valence-corrected chi connectivity index (χ2v) is 6.98. The Hall–Kier alpha value is -2.51. The van der Waals surface area contributed by atoms with Crippen molar-refractivity contribution in [3.8, 4) is 11.4 Å². The molecular weight excluding hydrogens is 340 g/mol. The van der Waals surface area contributed by atoms with Gasteiger partial charge in [-0.1, -0.05) is 0 Å². The lowest BCUT2D eigenvalue weighted by Crippen LogP contribution is -2.22. The highest BCUT2D eigenvalue weighted by Crippen LogP contribution is 2.20. The van der Waals surface area contributed by atoms with Gasteiger partial charge < -0.3 is 15.4 Å². The maximum atomic E-state index is 4.75. The van der Waals surface area contributed by atoms with Gasteiger partial charge >= 0.3 is 0 Å². The van der Waals surface area contributed by atoms with E-state index in [1.807, 2.05) is 30.6 Å². The number of ether oxygens (including phenoxy) is 1. The predicted octanol–water partition coefficient (Wildman–Crippen LogP) is 2.91. The number of nitrogens with one attached hydrogen (secondary N) is 2. The lowest BCUT2D eigenvalue weighted by atomic mass is 10.2. The van der Waals surface area contributed by atoms with E-state index in [1.165, 1.54) is 5.56 Å². The van der Waals surface area contributed by atoms with Crippen molar-refractivity contribution < 1.29 is 4.74 Å². The van der Waals surface area contributed by atoms with Crippen LogP contribution in [0.3, 0.4) is 0 Å². The van der Waals surface area contributed by atoms with Crippen LogP contribution in [-0.2, 0) is 4.74 Å². The first kappa shape index (κ1) is 19.3. The minimum atomic E-state index is 0.384. The summed E-state index contributed by atoms with van der Waals surface area (Å²) in [7, 11) is 1.70. The van der Waals surface area contributed by atoms with Crippen LogP contribution in [0.2, 0.25) is 0 Å². The average molecular weight is 368 g/mol. The van der Waals surface area contributed by atoms with Gasteiger partial charge in [0.2, 0.25) is 0 Å². The monoisotopic (exact) mass is 368 g/mol.